The lowest BCUT2D eigenvalue weighted by Crippen LogP contribution is -2.35. The SMILES string of the molecule is CCOc1ccc(C(=O)OCC(=O)N2CC[C@@H](C)Sc3ccccc32)cc1. The lowest BCUT2D eigenvalue weighted by Gasteiger charge is -2.22. The first kappa shape index (κ1) is 19.3. The van der Waals surface area contributed by atoms with Gasteiger partial charge >= 0.3 is 5.97 Å². The Morgan fingerprint density at radius 3 is 2.63 bits per heavy atom. The molecule has 1 heterocycles. The number of para-hydroxylation sites is 1. The van der Waals surface area contributed by atoms with Crippen LogP contribution in [-0.4, -0.2) is 36.9 Å². The molecule has 3 rings (SSSR count). The van der Waals surface area contributed by atoms with Gasteiger partial charge in [-0.2, -0.15) is 0 Å². The van der Waals surface area contributed by atoms with Crippen LogP contribution in [0.1, 0.15) is 30.6 Å². The van der Waals surface area contributed by atoms with E-state index in [0.717, 1.165) is 17.0 Å². The van der Waals surface area contributed by atoms with Crippen LogP contribution in [0.4, 0.5) is 5.69 Å². The van der Waals surface area contributed by atoms with Gasteiger partial charge in [-0.15, -0.1) is 11.8 Å². The van der Waals surface area contributed by atoms with Gasteiger partial charge in [0, 0.05) is 16.7 Å². The van der Waals surface area contributed by atoms with Gasteiger partial charge < -0.3 is 14.4 Å². The Labute approximate surface area is 163 Å². The standard InChI is InChI=1S/C21H23NO4S/c1-3-25-17-10-8-16(9-11-17)21(24)26-14-20(23)22-13-12-15(2)27-19-7-5-4-6-18(19)22/h4-11,15H,3,12-14H2,1-2H3/t15-/m1/s1. The molecule has 27 heavy (non-hydrogen) atoms. The van der Waals surface area contributed by atoms with E-state index in [-0.39, 0.29) is 12.5 Å². The molecule has 0 unspecified atom stereocenters. The molecule has 0 fully saturated rings. The highest BCUT2D eigenvalue weighted by atomic mass is 32.2. The predicted molar refractivity (Wildman–Crippen MR) is 107 cm³/mol. The van der Waals surface area contributed by atoms with E-state index >= 15 is 0 Å². The topological polar surface area (TPSA) is 55.8 Å². The molecule has 0 radical (unpaired) electrons. The number of nitrogens with zero attached hydrogens (tertiary/aromatic N) is 1. The quantitative estimate of drug-likeness (QED) is 0.724. The third kappa shape index (κ3) is 4.83. The minimum atomic E-state index is -0.516. The Bertz CT molecular complexity index is 806. The van der Waals surface area contributed by atoms with Crippen LogP contribution in [0.25, 0.3) is 0 Å². The lowest BCUT2D eigenvalue weighted by atomic mass is 10.2. The van der Waals surface area contributed by atoms with Crippen molar-refractivity contribution in [2.45, 2.75) is 30.4 Å². The molecule has 0 saturated carbocycles. The highest BCUT2D eigenvalue weighted by Gasteiger charge is 2.25. The molecular formula is C21H23NO4S. The molecule has 0 N–H and O–H groups in total. The van der Waals surface area contributed by atoms with E-state index in [1.54, 1.807) is 40.9 Å². The van der Waals surface area contributed by atoms with E-state index in [1.165, 1.54) is 0 Å². The number of carbonyl (C=O) groups excluding carboxylic acids is 2. The average molecular weight is 385 g/mol. The molecule has 142 valence electrons. The average Bonchev–Trinajstić information content (AvgIpc) is 2.85. The van der Waals surface area contributed by atoms with Crippen LogP contribution >= 0.6 is 11.8 Å². The molecule has 1 amide bonds. The van der Waals surface area contributed by atoms with Gasteiger partial charge in [-0.05, 0) is 49.7 Å². The van der Waals surface area contributed by atoms with Crippen molar-refractivity contribution in [1.82, 2.24) is 0 Å². The number of hydrogen-bond acceptors (Lipinski definition) is 5. The van der Waals surface area contributed by atoms with Crippen molar-refractivity contribution in [2.24, 2.45) is 0 Å². The molecule has 0 aliphatic carbocycles. The normalized spacial score (nSPS) is 16.2. The van der Waals surface area contributed by atoms with Crippen molar-refractivity contribution < 1.29 is 19.1 Å². The largest absolute Gasteiger partial charge is 0.494 e. The molecule has 0 aromatic heterocycles. The number of benzene rings is 2. The summed E-state index contributed by atoms with van der Waals surface area (Å²) in [5, 5.41) is 0.426. The molecule has 0 spiro atoms. The summed E-state index contributed by atoms with van der Waals surface area (Å²) in [6, 6.07) is 14.5. The minimum absolute atomic E-state index is 0.212. The van der Waals surface area contributed by atoms with Gasteiger partial charge in [0.25, 0.3) is 5.91 Å². The summed E-state index contributed by atoms with van der Waals surface area (Å²) < 4.78 is 10.6. The van der Waals surface area contributed by atoms with Gasteiger partial charge in [-0.1, -0.05) is 19.1 Å². The zero-order valence-corrected chi connectivity index (χ0v) is 16.3. The zero-order valence-electron chi connectivity index (χ0n) is 15.5. The fourth-order valence-corrected chi connectivity index (χ4v) is 4.00. The molecule has 5 nitrogen and oxygen atoms in total. The number of rotatable bonds is 5. The Balaban J connectivity index is 1.64. The maximum Gasteiger partial charge on any atom is 0.338 e. The number of esters is 1. The summed E-state index contributed by atoms with van der Waals surface area (Å²) in [7, 11) is 0. The van der Waals surface area contributed by atoms with Crippen LogP contribution in [0.15, 0.2) is 53.4 Å². The summed E-state index contributed by atoms with van der Waals surface area (Å²) >= 11 is 1.77. The van der Waals surface area contributed by atoms with Gasteiger partial charge in [-0.3, -0.25) is 4.79 Å². The maximum atomic E-state index is 12.7. The number of fused-ring (bicyclic) bond motifs is 1. The van der Waals surface area contributed by atoms with E-state index in [0.29, 0.717) is 29.7 Å². The second-order valence-corrected chi connectivity index (χ2v) is 7.74. The van der Waals surface area contributed by atoms with Crippen molar-refractivity contribution in [3.05, 3.63) is 54.1 Å². The number of anilines is 1. The van der Waals surface area contributed by atoms with Crippen LogP contribution < -0.4 is 9.64 Å². The molecule has 0 bridgehead atoms. The first-order valence-electron chi connectivity index (χ1n) is 9.04. The fourth-order valence-electron chi connectivity index (χ4n) is 2.89. The van der Waals surface area contributed by atoms with Gasteiger partial charge in [0.2, 0.25) is 0 Å². The Morgan fingerprint density at radius 2 is 1.89 bits per heavy atom. The Kier molecular flexibility index (Phi) is 6.40. The Hall–Kier alpha value is -2.47. The number of ether oxygens (including phenoxy) is 2. The fraction of sp³-hybridized carbons (Fsp3) is 0.333. The van der Waals surface area contributed by atoms with Crippen LogP contribution in [-0.2, 0) is 9.53 Å². The van der Waals surface area contributed by atoms with Gasteiger partial charge in [0.05, 0.1) is 17.9 Å². The first-order chi connectivity index (χ1) is 13.1. The number of carbonyl (C=O) groups is 2. The summed E-state index contributed by atoms with van der Waals surface area (Å²) in [5.41, 5.74) is 1.28. The van der Waals surface area contributed by atoms with E-state index in [1.807, 2.05) is 31.2 Å². The molecule has 1 aliphatic rings. The van der Waals surface area contributed by atoms with Crippen LogP contribution in [0, 0.1) is 0 Å². The van der Waals surface area contributed by atoms with Gasteiger partial charge in [0.1, 0.15) is 5.75 Å². The van der Waals surface area contributed by atoms with Crippen molar-refractivity contribution in [1.29, 1.82) is 0 Å². The minimum Gasteiger partial charge on any atom is -0.494 e. The summed E-state index contributed by atoms with van der Waals surface area (Å²) in [6.45, 7) is 4.95. The molecule has 1 aliphatic heterocycles. The second kappa shape index (κ2) is 8.95. The zero-order chi connectivity index (χ0) is 19.2. The molecular weight excluding hydrogens is 362 g/mol. The number of thioether (sulfide) groups is 1. The number of hydrogen-bond donors (Lipinski definition) is 0. The molecule has 2 aromatic rings. The predicted octanol–water partition coefficient (Wildman–Crippen LogP) is 4.16. The number of amides is 1. The summed E-state index contributed by atoms with van der Waals surface area (Å²) in [6.07, 6.45) is 0.887. The highest BCUT2D eigenvalue weighted by Crippen LogP contribution is 2.37. The van der Waals surface area contributed by atoms with Crippen LogP contribution in [0.2, 0.25) is 0 Å². The summed E-state index contributed by atoms with van der Waals surface area (Å²) in [5.74, 6) is -0.0356. The summed E-state index contributed by atoms with van der Waals surface area (Å²) in [4.78, 5) is 27.7. The molecule has 0 saturated heterocycles. The van der Waals surface area contributed by atoms with Crippen LogP contribution in [0.3, 0.4) is 0 Å². The first-order valence-corrected chi connectivity index (χ1v) is 9.92. The monoisotopic (exact) mass is 385 g/mol. The lowest BCUT2D eigenvalue weighted by molar-refractivity contribution is -0.121. The van der Waals surface area contributed by atoms with Crippen LogP contribution in [0.5, 0.6) is 5.75 Å². The third-order valence-corrected chi connectivity index (χ3v) is 5.51. The van der Waals surface area contributed by atoms with Gasteiger partial charge in [0.15, 0.2) is 6.61 Å². The van der Waals surface area contributed by atoms with Crippen molar-refractivity contribution >= 4 is 29.3 Å². The highest BCUT2D eigenvalue weighted by molar-refractivity contribution is 8.00. The van der Waals surface area contributed by atoms with E-state index < -0.39 is 5.97 Å². The Morgan fingerprint density at radius 1 is 1.15 bits per heavy atom. The smallest absolute Gasteiger partial charge is 0.338 e. The van der Waals surface area contributed by atoms with E-state index in [9.17, 15) is 9.59 Å². The van der Waals surface area contributed by atoms with Crippen molar-refractivity contribution in [3.63, 3.8) is 0 Å². The molecule has 1 atom stereocenters. The van der Waals surface area contributed by atoms with Crippen molar-refractivity contribution in [2.75, 3.05) is 24.7 Å². The third-order valence-electron chi connectivity index (χ3n) is 4.27. The van der Waals surface area contributed by atoms with Crippen molar-refractivity contribution in [3.8, 4) is 5.75 Å². The van der Waals surface area contributed by atoms with E-state index in [2.05, 4.69) is 6.92 Å². The van der Waals surface area contributed by atoms with Gasteiger partial charge in [-0.25, -0.2) is 4.79 Å². The molecule has 6 heteroatoms. The second-order valence-electron chi connectivity index (χ2n) is 6.26. The maximum absolute atomic E-state index is 12.7. The molecule has 2 aromatic carbocycles. The van der Waals surface area contributed by atoms with E-state index in [4.69, 9.17) is 9.47 Å².